The number of aromatic nitrogens is 3. The number of alkyl halides is 3. The molecule has 1 N–H and O–H groups in total. The summed E-state index contributed by atoms with van der Waals surface area (Å²) < 4.78 is 38.1. The molecule has 0 radical (unpaired) electrons. The van der Waals surface area contributed by atoms with Crippen molar-refractivity contribution in [2.24, 2.45) is 0 Å². The summed E-state index contributed by atoms with van der Waals surface area (Å²) >= 11 is 1.31. The Balaban J connectivity index is 1.59. The van der Waals surface area contributed by atoms with Crippen LogP contribution in [0.25, 0.3) is 0 Å². The van der Waals surface area contributed by atoms with Gasteiger partial charge in [-0.25, -0.2) is 4.98 Å². The first-order valence-corrected chi connectivity index (χ1v) is 7.16. The molecule has 0 aliphatic heterocycles. The quantitative estimate of drug-likeness (QED) is 0.943. The van der Waals surface area contributed by atoms with Gasteiger partial charge in [0.1, 0.15) is 6.54 Å². The molecule has 21 heavy (non-hydrogen) atoms. The van der Waals surface area contributed by atoms with E-state index in [9.17, 15) is 18.0 Å². The molecule has 1 amide bonds. The SMILES string of the molecule is O=C(Cn1ccc(C(F)(F)F)n1)Nc1nc(C2CC2)cs1. The maximum Gasteiger partial charge on any atom is 0.435 e. The molecular weight excluding hydrogens is 305 g/mol. The highest BCUT2D eigenvalue weighted by molar-refractivity contribution is 7.13. The summed E-state index contributed by atoms with van der Waals surface area (Å²) in [7, 11) is 0. The molecule has 9 heteroatoms. The van der Waals surface area contributed by atoms with Crippen molar-refractivity contribution < 1.29 is 18.0 Å². The van der Waals surface area contributed by atoms with Crippen LogP contribution in [0.5, 0.6) is 0 Å². The first kappa shape index (κ1) is 14.1. The van der Waals surface area contributed by atoms with Crippen molar-refractivity contribution in [2.45, 2.75) is 31.5 Å². The molecule has 0 bridgehead atoms. The second kappa shape index (κ2) is 5.14. The highest BCUT2D eigenvalue weighted by atomic mass is 32.1. The van der Waals surface area contributed by atoms with Gasteiger partial charge in [-0.15, -0.1) is 11.3 Å². The second-order valence-corrected chi connectivity index (χ2v) is 5.65. The van der Waals surface area contributed by atoms with Crippen LogP contribution >= 0.6 is 11.3 Å². The predicted molar refractivity (Wildman–Crippen MR) is 69.9 cm³/mol. The molecule has 1 aliphatic carbocycles. The lowest BCUT2D eigenvalue weighted by atomic mass is 10.3. The van der Waals surface area contributed by atoms with Gasteiger partial charge in [0.2, 0.25) is 5.91 Å². The minimum Gasteiger partial charge on any atom is -0.300 e. The Labute approximate surface area is 121 Å². The van der Waals surface area contributed by atoms with E-state index in [1.165, 1.54) is 11.3 Å². The second-order valence-electron chi connectivity index (χ2n) is 4.80. The molecule has 5 nitrogen and oxygen atoms in total. The molecule has 2 heterocycles. The average molecular weight is 316 g/mol. The van der Waals surface area contributed by atoms with Gasteiger partial charge < -0.3 is 5.32 Å². The van der Waals surface area contributed by atoms with Crippen LogP contribution in [0.4, 0.5) is 18.3 Å². The van der Waals surface area contributed by atoms with Crippen LogP contribution in [0.3, 0.4) is 0 Å². The minimum absolute atomic E-state index is 0.283. The minimum atomic E-state index is -4.50. The number of amides is 1. The monoisotopic (exact) mass is 316 g/mol. The number of carbonyl (C=O) groups excluding carboxylic acids is 1. The van der Waals surface area contributed by atoms with E-state index in [0.717, 1.165) is 35.5 Å². The van der Waals surface area contributed by atoms with E-state index in [1.54, 1.807) is 0 Å². The zero-order valence-corrected chi connectivity index (χ0v) is 11.5. The van der Waals surface area contributed by atoms with Crippen LogP contribution in [0.15, 0.2) is 17.6 Å². The Morgan fingerprint density at radius 2 is 2.24 bits per heavy atom. The number of hydrogen-bond donors (Lipinski definition) is 1. The van der Waals surface area contributed by atoms with E-state index in [2.05, 4.69) is 15.4 Å². The molecule has 0 saturated heterocycles. The molecule has 2 aromatic rings. The summed E-state index contributed by atoms with van der Waals surface area (Å²) in [6, 6.07) is 0.835. The number of rotatable bonds is 4. The van der Waals surface area contributed by atoms with Gasteiger partial charge in [0.25, 0.3) is 0 Å². The Morgan fingerprint density at radius 1 is 1.48 bits per heavy atom. The van der Waals surface area contributed by atoms with Gasteiger partial charge in [0.15, 0.2) is 10.8 Å². The predicted octanol–water partition coefficient (Wildman–Crippen LogP) is 2.87. The number of carbonyl (C=O) groups is 1. The van der Waals surface area contributed by atoms with Crippen molar-refractivity contribution in [3.8, 4) is 0 Å². The summed E-state index contributed by atoms with van der Waals surface area (Å²) in [5.41, 5.74) is -0.0469. The van der Waals surface area contributed by atoms with Crippen molar-refractivity contribution in [1.82, 2.24) is 14.8 Å². The van der Waals surface area contributed by atoms with E-state index in [0.29, 0.717) is 11.0 Å². The summed E-state index contributed by atoms with van der Waals surface area (Å²) in [6.07, 6.45) is -1.15. The first-order valence-electron chi connectivity index (χ1n) is 6.28. The molecule has 0 atom stereocenters. The summed E-state index contributed by atoms with van der Waals surface area (Å²) in [6.45, 7) is -0.283. The van der Waals surface area contributed by atoms with Gasteiger partial charge in [-0.3, -0.25) is 9.48 Å². The number of hydrogen-bond acceptors (Lipinski definition) is 4. The van der Waals surface area contributed by atoms with Crippen LogP contribution in [-0.4, -0.2) is 20.7 Å². The van der Waals surface area contributed by atoms with Gasteiger partial charge in [-0.05, 0) is 18.9 Å². The Bertz CT molecular complexity index is 660. The number of anilines is 1. The number of nitrogens with one attached hydrogen (secondary N) is 1. The highest BCUT2D eigenvalue weighted by Gasteiger charge is 2.33. The molecule has 0 unspecified atom stereocenters. The van der Waals surface area contributed by atoms with Crippen LogP contribution in [-0.2, 0) is 17.5 Å². The van der Waals surface area contributed by atoms with E-state index in [-0.39, 0.29) is 6.54 Å². The number of nitrogens with zero attached hydrogens (tertiary/aromatic N) is 3. The molecule has 112 valence electrons. The van der Waals surface area contributed by atoms with E-state index < -0.39 is 17.8 Å². The van der Waals surface area contributed by atoms with Gasteiger partial charge in [0, 0.05) is 17.5 Å². The molecule has 1 saturated carbocycles. The maximum atomic E-state index is 12.4. The van der Waals surface area contributed by atoms with Gasteiger partial charge >= 0.3 is 6.18 Å². The molecular formula is C12H11F3N4OS. The molecule has 2 aromatic heterocycles. The van der Waals surface area contributed by atoms with Gasteiger partial charge in [-0.2, -0.15) is 18.3 Å². The maximum absolute atomic E-state index is 12.4. The summed E-state index contributed by atoms with van der Waals surface area (Å²) in [5.74, 6) is 0.0379. The first-order chi connectivity index (χ1) is 9.91. The van der Waals surface area contributed by atoms with Gasteiger partial charge in [-0.1, -0.05) is 0 Å². The van der Waals surface area contributed by atoms with Gasteiger partial charge in [0.05, 0.1) is 5.69 Å². The standard InChI is InChI=1S/C12H11F3N4OS/c13-12(14,15)9-3-4-19(18-9)5-10(20)17-11-16-8(6-21-11)7-1-2-7/h3-4,6-7H,1-2,5H2,(H,16,17,20). The van der Waals surface area contributed by atoms with Crippen LogP contribution in [0.2, 0.25) is 0 Å². The molecule has 1 aliphatic rings. The lowest BCUT2D eigenvalue weighted by molar-refractivity contribution is -0.141. The Kier molecular flexibility index (Phi) is 3.44. The molecule has 3 rings (SSSR count). The van der Waals surface area contributed by atoms with Crippen LogP contribution in [0.1, 0.15) is 30.1 Å². The Morgan fingerprint density at radius 3 is 2.86 bits per heavy atom. The van der Waals surface area contributed by atoms with Crippen molar-refractivity contribution in [3.05, 3.63) is 29.0 Å². The zero-order valence-electron chi connectivity index (χ0n) is 10.7. The lowest BCUT2D eigenvalue weighted by Gasteiger charge is -2.03. The topological polar surface area (TPSA) is 59.8 Å². The Hall–Kier alpha value is -1.90. The van der Waals surface area contributed by atoms with E-state index in [4.69, 9.17) is 0 Å². The van der Waals surface area contributed by atoms with E-state index >= 15 is 0 Å². The summed E-state index contributed by atoms with van der Waals surface area (Å²) in [5, 5.41) is 8.24. The third kappa shape index (κ3) is 3.41. The van der Waals surface area contributed by atoms with Crippen molar-refractivity contribution >= 4 is 22.4 Å². The van der Waals surface area contributed by atoms with E-state index in [1.807, 2.05) is 5.38 Å². The molecule has 1 fully saturated rings. The fraction of sp³-hybridized carbons (Fsp3) is 0.417. The third-order valence-electron chi connectivity index (χ3n) is 3.00. The third-order valence-corrected chi connectivity index (χ3v) is 3.78. The highest BCUT2D eigenvalue weighted by Crippen LogP contribution is 2.40. The molecule has 0 aromatic carbocycles. The van der Waals surface area contributed by atoms with Crippen LogP contribution < -0.4 is 5.32 Å². The number of thiazole rings is 1. The number of halogens is 3. The smallest absolute Gasteiger partial charge is 0.300 e. The van der Waals surface area contributed by atoms with Crippen LogP contribution in [0, 0.1) is 0 Å². The largest absolute Gasteiger partial charge is 0.435 e. The fourth-order valence-electron chi connectivity index (χ4n) is 1.82. The van der Waals surface area contributed by atoms with Crippen molar-refractivity contribution in [2.75, 3.05) is 5.32 Å². The normalized spacial score (nSPS) is 15.2. The average Bonchev–Trinajstić information content (AvgIpc) is 2.94. The summed E-state index contributed by atoms with van der Waals surface area (Å²) in [4.78, 5) is 16.0. The molecule has 0 spiro atoms. The zero-order chi connectivity index (χ0) is 15.0. The van der Waals surface area contributed by atoms with Crippen molar-refractivity contribution in [3.63, 3.8) is 0 Å². The fourth-order valence-corrected chi connectivity index (χ4v) is 2.63. The van der Waals surface area contributed by atoms with Crippen molar-refractivity contribution in [1.29, 1.82) is 0 Å². The lowest BCUT2D eigenvalue weighted by Crippen LogP contribution is -2.19.